The molecule has 1 aliphatic carbocycles. The van der Waals surface area contributed by atoms with Crippen LogP contribution in [0.1, 0.15) is 49.7 Å². The maximum Gasteiger partial charge on any atom is 0.243 e. The van der Waals surface area contributed by atoms with Crippen LogP contribution in [-0.4, -0.2) is 34.6 Å². The van der Waals surface area contributed by atoms with E-state index in [2.05, 4.69) is 17.4 Å². The molecule has 194 valence electrons. The van der Waals surface area contributed by atoms with Crippen molar-refractivity contribution >= 4 is 35.2 Å². The van der Waals surface area contributed by atoms with E-state index in [1.807, 2.05) is 72.8 Å². The fourth-order valence-electron chi connectivity index (χ4n) is 4.80. The number of thioether (sulfide) groups is 1. The summed E-state index contributed by atoms with van der Waals surface area (Å²) in [6, 6.07) is 27.2. The molecule has 0 bridgehead atoms. The molecule has 3 aromatic carbocycles. The number of benzene rings is 3. The van der Waals surface area contributed by atoms with Gasteiger partial charge in [-0.25, -0.2) is 0 Å². The SMILES string of the molecule is O=C(NC1CCCCC1)[C@@H](Cc1ccccc1)N(Cc1ccc(Cl)cc1)C(=O)CCSc1ccccc1. The summed E-state index contributed by atoms with van der Waals surface area (Å²) in [6.07, 6.45) is 6.34. The topological polar surface area (TPSA) is 49.4 Å². The van der Waals surface area contributed by atoms with Crippen molar-refractivity contribution in [2.45, 2.75) is 68.5 Å². The van der Waals surface area contributed by atoms with Gasteiger partial charge in [-0.3, -0.25) is 9.59 Å². The van der Waals surface area contributed by atoms with E-state index < -0.39 is 6.04 Å². The fraction of sp³-hybridized carbons (Fsp3) is 0.355. The zero-order chi connectivity index (χ0) is 25.9. The molecule has 3 aromatic rings. The summed E-state index contributed by atoms with van der Waals surface area (Å²) in [5.41, 5.74) is 2.00. The van der Waals surface area contributed by atoms with Gasteiger partial charge in [0.25, 0.3) is 0 Å². The lowest BCUT2D eigenvalue weighted by atomic mass is 9.94. The highest BCUT2D eigenvalue weighted by molar-refractivity contribution is 7.99. The van der Waals surface area contributed by atoms with Crippen molar-refractivity contribution in [2.24, 2.45) is 0 Å². The highest BCUT2D eigenvalue weighted by Crippen LogP contribution is 2.22. The lowest BCUT2D eigenvalue weighted by molar-refractivity contribution is -0.141. The van der Waals surface area contributed by atoms with Crippen LogP contribution < -0.4 is 5.32 Å². The van der Waals surface area contributed by atoms with Crippen LogP contribution in [0.3, 0.4) is 0 Å². The number of carbonyl (C=O) groups excluding carboxylic acids is 2. The molecule has 1 atom stereocenters. The molecule has 0 radical (unpaired) electrons. The summed E-state index contributed by atoms with van der Waals surface area (Å²) in [7, 11) is 0. The van der Waals surface area contributed by atoms with Crippen molar-refractivity contribution in [3.05, 3.63) is 101 Å². The van der Waals surface area contributed by atoms with E-state index in [4.69, 9.17) is 11.6 Å². The Morgan fingerprint density at radius 1 is 0.865 bits per heavy atom. The Morgan fingerprint density at radius 3 is 2.19 bits per heavy atom. The Hall–Kier alpha value is -2.76. The smallest absolute Gasteiger partial charge is 0.243 e. The Kier molecular flexibility index (Phi) is 10.5. The van der Waals surface area contributed by atoms with Gasteiger partial charge >= 0.3 is 0 Å². The van der Waals surface area contributed by atoms with E-state index in [0.29, 0.717) is 30.2 Å². The normalized spacial score (nSPS) is 14.6. The summed E-state index contributed by atoms with van der Waals surface area (Å²) >= 11 is 7.78. The highest BCUT2D eigenvalue weighted by Gasteiger charge is 2.31. The van der Waals surface area contributed by atoms with Crippen LogP contribution in [0.5, 0.6) is 0 Å². The first-order chi connectivity index (χ1) is 18.1. The number of hydrogen-bond acceptors (Lipinski definition) is 3. The molecule has 1 aliphatic rings. The minimum absolute atomic E-state index is 0.0156. The van der Waals surface area contributed by atoms with E-state index >= 15 is 0 Å². The zero-order valence-electron chi connectivity index (χ0n) is 21.2. The van der Waals surface area contributed by atoms with Crippen molar-refractivity contribution in [1.29, 1.82) is 0 Å². The van der Waals surface area contributed by atoms with Gasteiger partial charge in [0.2, 0.25) is 11.8 Å². The van der Waals surface area contributed by atoms with Crippen molar-refractivity contribution < 1.29 is 9.59 Å². The minimum Gasteiger partial charge on any atom is -0.352 e. The molecule has 0 heterocycles. The van der Waals surface area contributed by atoms with E-state index in [1.165, 1.54) is 6.42 Å². The Labute approximate surface area is 229 Å². The molecule has 0 aromatic heterocycles. The molecule has 4 rings (SSSR count). The van der Waals surface area contributed by atoms with Crippen LogP contribution in [0, 0.1) is 0 Å². The number of nitrogens with one attached hydrogen (secondary N) is 1. The summed E-state index contributed by atoms with van der Waals surface area (Å²) < 4.78 is 0. The van der Waals surface area contributed by atoms with Gasteiger partial charge in [-0.1, -0.05) is 91.5 Å². The van der Waals surface area contributed by atoms with Crippen LogP contribution in [0.4, 0.5) is 0 Å². The molecule has 37 heavy (non-hydrogen) atoms. The highest BCUT2D eigenvalue weighted by atomic mass is 35.5. The van der Waals surface area contributed by atoms with Crippen LogP contribution in [0.15, 0.2) is 89.8 Å². The predicted molar refractivity (Wildman–Crippen MR) is 153 cm³/mol. The number of nitrogens with zero attached hydrogens (tertiary/aromatic N) is 1. The third kappa shape index (κ3) is 8.65. The van der Waals surface area contributed by atoms with E-state index in [9.17, 15) is 9.59 Å². The lowest BCUT2D eigenvalue weighted by Gasteiger charge is -2.33. The van der Waals surface area contributed by atoms with Gasteiger partial charge in [0, 0.05) is 41.1 Å². The van der Waals surface area contributed by atoms with Crippen molar-refractivity contribution in [3.8, 4) is 0 Å². The average molecular weight is 535 g/mol. The third-order valence-electron chi connectivity index (χ3n) is 6.82. The van der Waals surface area contributed by atoms with Gasteiger partial charge in [0.05, 0.1) is 0 Å². The van der Waals surface area contributed by atoms with Crippen molar-refractivity contribution in [3.63, 3.8) is 0 Å². The molecule has 2 amide bonds. The van der Waals surface area contributed by atoms with E-state index in [1.54, 1.807) is 16.7 Å². The van der Waals surface area contributed by atoms with Gasteiger partial charge < -0.3 is 10.2 Å². The zero-order valence-corrected chi connectivity index (χ0v) is 22.7. The van der Waals surface area contributed by atoms with Gasteiger partial charge in [0.1, 0.15) is 6.04 Å². The maximum absolute atomic E-state index is 13.8. The summed E-state index contributed by atoms with van der Waals surface area (Å²) in [5, 5.41) is 3.94. The van der Waals surface area contributed by atoms with Crippen LogP contribution in [-0.2, 0) is 22.6 Å². The van der Waals surface area contributed by atoms with Crippen LogP contribution in [0.25, 0.3) is 0 Å². The van der Waals surface area contributed by atoms with Gasteiger partial charge in [0.15, 0.2) is 0 Å². The lowest BCUT2D eigenvalue weighted by Crippen LogP contribution is -2.52. The minimum atomic E-state index is -0.589. The Balaban J connectivity index is 1.56. The Morgan fingerprint density at radius 2 is 1.51 bits per heavy atom. The maximum atomic E-state index is 13.8. The molecule has 1 fully saturated rings. The number of halogens is 1. The fourth-order valence-corrected chi connectivity index (χ4v) is 5.79. The average Bonchev–Trinajstić information content (AvgIpc) is 2.93. The first-order valence-electron chi connectivity index (χ1n) is 13.1. The number of carbonyl (C=O) groups is 2. The molecule has 0 unspecified atom stereocenters. The standard InChI is InChI=1S/C31H35ClN2O2S/c32-26-18-16-25(17-19-26)23-34(30(35)20-21-37-28-14-8-3-9-15-28)29(22-24-10-4-1-5-11-24)31(36)33-27-12-6-2-7-13-27/h1,3-5,8-11,14-19,27,29H,2,6-7,12-13,20-23H2,(H,33,36)/t29-/m1/s1. The van der Waals surface area contributed by atoms with Gasteiger partial charge in [-0.15, -0.1) is 11.8 Å². The summed E-state index contributed by atoms with van der Waals surface area (Å²) in [4.78, 5) is 30.4. The van der Waals surface area contributed by atoms with Crippen LogP contribution in [0.2, 0.25) is 5.02 Å². The second-order valence-corrected chi connectivity index (χ2v) is 11.2. The molecule has 0 spiro atoms. The monoisotopic (exact) mass is 534 g/mol. The molecule has 0 aliphatic heterocycles. The Bertz CT molecular complexity index is 1120. The van der Waals surface area contributed by atoms with Crippen molar-refractivity contribution in [2.75, 3.05) is 5.75 Å². The number of hydrogen-bond donors (Lipinski definition) is 1. The number of rotatable bonds is 11. The predicted octanol–water partition coefficient (Wildman–Crippen LogP) is 6.91. The molecule has 1 N–H and O–H groups in total. The second kappa shape index (κ2) is 14.3. The first-order valence-corrected chi connectivity index (χ1v) is 14.5. The number of amides is 2. The third-order valence-corrected chi connectivity index (χ3v) is 8.08. The van der Waals surface area contributed by atoms with Gasteiger partial charge in [-0.05, 0) is 48.2 Å². The molecule has 0 saturated heterocycles. The van der Waals surface area contributed by atoms with E-state index in [-0.39, 0.29) is 17.9 Å². The second-order valence-electron chi connectivity index (χ2n) is 9.61. The molecule has 6 heteroatoms. The van der Waals surface area contributed by atoms with Gasteiger partial charge in [-0.2, -0.15) is 0 Å². The summed E-state index contributed by atoms with van der Waals surface area (Å²) in [6.45, 7) is 0.363. The first kappa shape index (κ1) is 27.3. The largest absolute Gasteiger partial charge is 0.352 e. The van der Waals surface area contributed by atoms with E-state index in [0.717, 1.165) is 41.7 Å². The molecular formula is C31H35ClN2O2S. The molecular weight excluding hydrogens is 500 g/mol. The quantitative estimate of drug-likeness (QED) is 0.272. The van der Waals surface area contributed by atoms with Crippen molar-refractivity contribution in [1.82, 2.24) is 10.2 Å². The molecule has 1 saturated carbocycles. The molecule has 4 nitrogen and oxygen atoms in total. The summed E-state index contributed by atoms with van der Waals surface area (Å²) in [5.74, 6) is 0.578. The van der Waals surface area contributed by atoms with Crippen LogP contribution >= 0.6 is 23.4 Å².